The normalized spacial score (nSPS) is 24.7. The first-order valence-corrected chi connectivity index (χ1v) is 6.03. The molecule has 1 fully saturated rings. The van der Waals surface area contributed by atoms with Crippen LogP contribution in [0.1, 0.15) is 11.5 Å². The Bertz CT molecular complexity index is 414. The van der Waals surface area contributed by atoms with Gasteiger partial charge in [-0.1, -0.05) is 6.07 Å². The van der Waals surface area contributed by atoms with Crippen molar-refractivity contribution in [3.63, 3.8) is 0 Å². The fraction of sp³-hybridized carbons (Fsp3) is 0.538. The molecule has 1 aromatic carbocycles. The van der Waals surface area contributed by atoms with E-state index in [4.69, 9.17) is 10.5 Å². The number of nitrogens with zero attached hydrogens (tertiary/aromatic N) is 1. The monoisotopic (exact) mass is 256 g/mol. The van der Waals surface area contributed by atoms with Gasteiger partial charge in [0.25, 0.3) is 0 Å². The minimum atomic E-state index is -0.556. The number of halogens is 2. The summed E-state index contributed by atoms with van der Waals surface area (Å²) in [5, 5.41) is 0. The summed E-state index contributed by atoms with van der Waals surface area (Å²) in [5.41, 5.74) is 6.54. The number of hydrogen-bond acceptors (Lipinski definition) is 3. The molecule has 3 nitrogen and oxygen atoms in total. The molecule has 0 saturated carbocycles. The minimum Gasteiger partial charge on any atom is -0.383 e. The Balaban J connectivity index is 2.09. The predicted molar refractivity (Wildman–Crippen MR) is 65.4 cm³/mol. The highest BCUT2D eigenvalue weighted by atomic mass is 19.1. The van der Waals surface area contributed by atoms with Gasteiger partial charge in [0.05, 0.1) is 6.61 Å². The van der Waals surface area contributed by atoms with Crippen LogP contribution >= 0.6 is 0 Å². The Morgan fingerprint density at radius 2 is 2.17 bits per heavy atom. The van der Waals surface area contributed by atoms with Gasteiger partial charge in [0.2, 0.25) is 0 Å². The fourth-order valence-corrected chi connectivity index (χ4v) is 2.45. The second kappa shape index (κ2) is 5.73. The fourth-order valence-electron chi connectivity index (χ4n) is 2.45. The van der Waals surface area contributed by atoms with E-state index in [1.54, 1.807) is 7.11 Å². The van der Waals surface area contributed by atoms with Crippen molar-refractivity contribution in [3.05, 3.63) is 35.4 Å². The highest BCUT2D eigenvalue weighted by Gasteiger charge is 2.32. The number of hydrogen-bond donors (Lipinski definition) is 1. The number of nitrogens with two attached hydrogens (primary N) is 1. The van der Waals surface area contributed by atoms with Crippen molar-refractivity contribution >= 4 is 0 Å². The van der Waals surface area contributed by atoms with Gasteiger partial charge in [0.1, 0.15) is 11.6 Å². The molecule has 1 aliphatic rings. The maximum atomic E-state index is 13.7. The van der Waals surface area contributed by atoms with E-state index in [9.17, 15) is 8.78 Å². The molecule has 1 aromatic rings. The summed E-state index contributed by atoms with van der Waals surface area (Å²) in [6.45, 7) is 2.81. The lowest BCUT2D eigenvalue weighted by Crippen LogP contribution is -2.30. The van der Waals surface area contributed by atoms with E-state index < -0.39 is 11.6 Å². The van der Waals surface area contributed by atoms with Crippen LogP contribution in [-0.4, -0.2) is 44.3 Å². The van der Waals surface area contributed by atoms with Crippen LogP contribution in [0.2, 0.25) is 0 Å². The van der Waals surface area contributed by atoms with E-state index >= 15 is 0 Å². The second-order valence-electron chi connectivity index (χ2n) is 4.69. The first kappa shape index (κ1) is 13.4. The van der Waals surface area contributed by atoms with Gasteiger partial charge in [-0.2, -0.15) is 0 Å². The lowest BCUT2D eigenvalue weighted by Gasteiger charge is -2.16. The third-order valence-electron chi connectivity index (χ3n) is 3.41. The zero-order valence-corrected chi connectivity index (χ0v) is 10.4. The number of likely N-dealkylation sites (tertiary alicyclic amines) is 1. The van der Waals surface area contributed by atoms with E-state index in [1.807, 2.05) is 0 Å². The SMILES string of the molecule is COCCN1CC(N)C(c2ccc(F)cc2F)C1. The first-order valence-electron chi connectivity index (χ1n) is 6.03. The molecule has 0 spiro atoms. The van der Waals surface area contributed by atoms with E-state index in [2.05, 4.69) is 4.90 Å². The molecule has 2 N–H and O–H groups in total. The topological polar surface area (TPSA) is 38.5 Å². The maximum absolute atomic E-state index is 13.7. The number of ether oxygens (including phenoxy) is 1. The Labute approximate surface area is 106 Å². The van der Waals surface area contributed by atoms with Gasteiger partial charge >= 0.3 is 0 Å². The molecule has 0 aliphatic carbocycles. The lowest BCUT2D eigenvalue weighted by atomic mass is 9.94. The van der Waals surface area contributed by atoms with E-state index in [0.29, 0.717) is 25.3 Å². The Hall–Kier alpha value is -1.04. The van der Waals surface area contributed by atoms with Gasteiger partial charge in [-0.25, -0.2) is 8.78 Å². The first-order chi connectivity index (χ1) is 8.61. The predicted octanol–water partition coefficient (Wildman–Crippen LogP) is 1.34. The molecule has 0 radical (unpaired) electrons. The second-order valence-corrected chi connectivity index (χ2v) is 4.69. The van der Waals surface area contributed by atoms with Gasteiger partial charge in [-0.15, -0.1) is 0 Å². The molecule has 0 aromatic heterocycles. The average molecular weight is 256 g/mol. The number of benzene rings is 1. The van der Waals surface area contributed by atoms with E-state index in [1.165, 1.54) is 12.1 Å². The number of methoxy groups -OCH3 is 1. The summed E-state index contributed by atoms with van der Waals surface area (Å²) >= 11 is 0. The largest absolute Gasteiger partial charge is 0.383 e. The third kappa shape index (κ3) is 2.85. The van der Waals surface area contributed by atoms with Gasteiger partial charge in [-0.3, -0.25) is 4.90 Å². The van der Waals surface area contributed by atoms with Gasteiger partial charge < -0.3 is 10.5 Å². The van der Waals surface area contributed by atoms with Gasteiger partial charge in [0.15, 0.2) is 0 Å². The molecule has 2 rings (SSSR count). The van der Waals surface area contributed by atoms with Crippen LogP contribution in [0.15, 0.2) is 18.2 Å². The molecule has 5 heteroatoms. The average Bonchev–Trinajstić information content (AvgIpc) is 2.68. The molecule has 2 unspecified atom stereocenters. The van der Waals surface area contributed by atoms with Crippen molar-refractivity contribution in [1.82, 2.24) is 4.90 Å². The quantitative estimate of drug-likeness (QED) is 0.883. The van der Waals surface area contributed by atoms with Gasteiger partial charge in [0, 0.05) is 44.8 Å². The zero-order valence-electron chi connectivity index (χ0n) is 10.4. The summed E-state index contributed by atoms with van der Waals surface area (Å²) in [5.74, 6) is -1.15. The molecule has 1 saturated heterocycles. The third-order valence-corrected chi connectivity index (χ3v) is 3.41. The minimum absolute atomic E-state index is 0.0811. The molecule has 18 heavy (non-hydrogen) atoms. The van der Waals surface area contributed by atoms with Crippen molar-refractivity contribution in [2.45, 2.75) is 12.0 Å². The zero-order chi connectivity index (χ0) is 13.1. The summed E-state index contributed by atoms with van der Waals surface area (Å²) in [6.07, 6.45) is 0. The molecule has 0 bridgehead atoms. The standard InChI is InChI=1S/C13H18F2N2O/c1-18-5-4-17-7-11(13(16)8-17)10-3-2-9(14)6-12(10)15/h2-3,6,11,13H,4-5,7-8,16H2,1H3. The molecular formula is C13H18F2N2O. The van der Waals surface area contributed by atoms with E-state index in [0.717, 1.165) is 12.6 Å². The lowest BCUT2D eigenvalue weighted by molar-refractivity contribution is 0.159. The highest BCUT2D eigenvalue weighted by molar-refractivity contribution is 5.26. The van der Waals surface area contributed by atoms with Crippen LogP contribution in [-0.2, 0) is 4.74 Å². The van der Waals surface area contributed by atoms with Crippen LogP contribution in [0, 0.1) is 11.6 Å². The summed E-state index contributed by atoms with van der Waals surface area (Å²) < 4.78 is 31.6. The summed E-state index contributed by atoms with van der Waals surface area (Å²) in [4.78, 5) is 2.14. The van der Waals surface area contributed by atoms with Crippen molar-refractivity contribution in [3.8, 4) is 0 Å². The highest BCUT2D eigenvalue weighted by Crippen LogP contribution is 2.28. The molecule has 1 heterocycles. The van der Waals surface area contributed by atoms with Crippen molar-refractivity contribution < 1.29 is 13.5 Å². The van der Waals surface area contributed by atoms with Crippen molar-refractivity contribution in [2.75, 3.05) is 33.4 Å². The molecule has 0 amide bonds. The van der Waals surface area contributed by atoms with Crippen LogP contribution in [0.3, 0.4) is 0 Å². The smallest absolute Gasteiger partial charge is 0.129 e. The Morgan fingerprint density at radius 1 is 1.39 bits per heavy atom. The molecular weight excluding hydrogens is 238 g/mol. The van der Waals surface area contributed by atoms with Crippen LogP contribution in [0.4, 0.5) is 8.78 Å². The summed E-state index contributed by atoms with van der Waals surface area (Å²) in [7, 11) is 1.65. The molecule has 1 aliphatic heterocycles. The van der Waals surface area contributed by atoms with Crippen LogP contribution < -0.4 is 5.73 Å². The Kier molecular flexibility index (Phi) is 4.27. The molecule has 100 valence electrons. The van der Waals surface area contributed by atoms with Crippen molar-refractivity contribution in [2.24, 2.45) is 5.73 Å². The summed E-state index contributed by atoms with van der Waals surface area (Å²) in [6, 6.07) is 3.57. The van der Waals surface area contributed by atoms with Crippen molar-refractivity contribution in [1.29, 1.82) is 0 Å². The van der Waals surface area contributed by atoms with Crippen LogP contribution in [0.5, 0.6) is 0 Å². The number of rotatable bonds is 4. The molecule has 2 atom stereocenters. The van der Waals surface area contributed by atoms with E-state index in [-0.39, 0.29) is 12.0 Å². The van der Waals surface area contributed by atoms with Gasteiger partial charge in [-0.05, 0) is 11.6 Å². The Morgan fingerprint density at radius 3 is 2.83 bits per heavy atom. The van der Waals surface area contributed by atoms with Crippen LogP contribution in [0.25, 0.3) is 0 Å². The maximum Gasteiger partial charge on any atom is 0.129 e.